The quantitative estimate of drug-likeness (QED) is 0.592. The molecule has 1 aromatic carbocycles. The molecule has 29 heavy (non-hydrogen) atoms. The zero-order chi connectivity index (χ0) is 20.5. The summed E-state index contributed by atoms with van der Waals surface area (Å²) in [5.41, 5.74) is 7.10. The molecule has 0 aliphatic carbocycles. The van der Waals surface area contributed by atoms with Crippen molar-refractivity contribution in [3.05, 3.63) is 29.3 Å². The summed E-state index contributed by atoms with van der Waals surface area (Å²) in [4.78, 5) is 52.7. The van der Waals surface area contributed by atoms with Crippen LogP contribution in [0.4, 0.5) is 5.69 Å². The van der Waals surface area contributed by atoms with E-state index in [0.717, 1.165) is 37.4 Å². The van der Waals surface area contributed by atoms with Gasteiger partial charge in [-0.15, -0.1) is 0 Å². The number of nitrogens with zero attached hydrogens (tertiary/aromatic N) is 2. The zero-order valence-electron chi connectivity index (χ0n) is 16.1. The number of nitrogens with one attached hydrogen (secondary N) is 2. The van der Waals surface area contributed by atoms with Gasteiger partial charge in [-0.3, -0.25) is 29.4 Å². The van der Waals surface area contributed by atoms with Gasteiger partial charge in [-0.25, -0.2) is 0 Å². The molecule has 3 aliphatic heterocycles. The number of imide groups is 2. The first-order valence-electron chi connectivity index (χ1n) is 10.0. The van der Waals surface area contributed by atoms with Crippen LogP contribution >= 0.6 is 0 Å². The van der Waals surface area contributed by atoms with Gasteiger partial charge in [-0.1, -0.05) is 6.07 Å². The molecule has 0 bridgehead atoms. The fourth-order valence-corrected chi connectivity index (χ4v) is 4.19. The summed E-state index contributed by atoms with van der Waals surface area (Å²) < 4.78 is 0. The van der Waals surface area contributed by atoms with Crippen molar-refractivity contribution in [1.82, 2.24) is 15.1 Å². The van der Waals surface area contributed by atoms with Crippen LogP contribution in [0.25, 0.3) is 0 Å². The third kappa shape index (κ3) is 3.75. The molecule has 9 nitrogen and oxygen atoms in total. The van der Waals surface area contributed by atoms with Gasteiger partial charge in [0.05, 0.1) is 11.1 Å². The topological polar surface area (TPSA) is 125 Å². The Morgan fingerprint density at radius 2 is 1.83 bits per heavy atom. The molecule has 9 heteroatoms. The Hall–Kier alpha value is -2.78. The minimum Gasteiger partial charge on any atom is -0.383 e. The Morgan fingerprint density at radius 3 is 2.55 bits per heavy atom. The van der Waals surface area contributed by atoms with Crippen molar-refractivity contribution in [3.63, 3.8) is 0 Å². The van der Waals surface area contributed by atoms with E-state index in [1.807, 2.05) is 0 Å². The third-order valence-electron chi connectivity index (χ3n) is 5.84. The van der Waals surface area contributed by atoms with Crippen LogP contribution in [-0.2, 0) is 9.59 Å². The number of anilines is 1. The molecule has 2 fully saturated rings. The van der Waals surface area contributed by atoms with Gasteiger partial charge in [0.2, 0.25) is 11.8 Å². The summed E-state index contributed by atoms with van der Waals surface area (Å²) in [5.74, 6) is -1.97. The predicted molar refractivity (Wildman–Crippen MR) is 105 cm³/mol. The molecule has 0 radical (unpaired) electrons. The first kappa shape index (κ1) is 19.5. The van der Waals surface area contributed by atoms with Crippen LogP contribution in [0.2, 0.25) is 0 Å². The van der Waals surface area contributed by atoms with Crippen molar-refractivity contribution in [1.29, 1.82) is 0 Å². The second kappa shape index (κ2) is 7.92. The average Bonchev–Trinajstić information content (AvgIpc) is 2.95. The van der Waals surface area contributed by atoms with Gasteiger partial charge in [-0.2, -0.15) is 0 Å². The van der Waals surface area contributed by atoms with Crippen molar-refractivity contribution >= 4 is 29.3 Å². The summed E-state index contributed by atoms with van der Waals surface area (Å²) in [7, 11) is 0. The van der Waals surface area contributed by atoms with Gasteiger partial charge in [0.15, 0.2) is 0 Å². The maximum Gasteiger partial charge on any atom is 0.264 e. The second-order valence-corrected chi connectivity index (χ2v) is 7.78. The third-order valence-corrected chi connectivity index (χ3v) is 5.84. The Labute approximate surface area is 168 Å². The number of carbonyl (C=O) groups excluding carboxylic acids is 4. The summed E-state index contributed by atoms with van der Waals surface area (Å²) in [6, 6.07) is 4.41. The largest absolute Gasteiger partial charge is 0.383 e. The van der Waals surface area contributed by atoms with Crippen molar-refractivity contribution in [2.75, 3.05) is 31.5 Å². The van der Waals surface area contributed by atoms with E-state index in [4.69, 9.17) is 5.73 Å². The number of rotatable bonds is 5. The highest BCUT2D eigenvalue weighted by atomic mass is 16.2. The predicted octanol–water partition coefficient (Wildman–Crippen LogP) is -0.0772. The molecule has 0 saturated carbocycles. The number of hydrogen-bond donors (Lipinski definition) is 3. The van der Waals surface area contributed by atoms with Gasteiger partial charge < -0.3 is 16.0 Å². The van der Waals surface area contributed by atoms with E-state index < -0.39 is 23.8 Å². The van der Waals surface area contributed by atoms with E-state index in [1.54, 1.807) is 18.2 Å². The standard InChI is InChI=1S/C20H25N5O4/c21-12-6-9-24(10-7-12)11-8-22-14-3-1-2-13-17(14)20(29)25(19(13)28)15-4-5-16(26)23-18(15)27/h1-3,12,15,22H,4-11,21H2,(H,23,26,27). The van der Waals surface area contributed by atoms with E-state index in [1.165, 1.54) is 0 Å². The molecule has 3 heterocycles. The molecule has 3 aliphatic rings. The van der Waals surface area contributed by atoms with E-state index >= 15 is 0 Å². The van der Waals surface area contributed by atoms with Gasteiger partial charge in [-0.05, 0) is 44.5 Å². The summed E-state index contributed by atoms with van der Waals surface area (Å²) >= 11 is 0. The minimum absolute atomic E-state index is 0.106. The smallest absolute Gasteiger partial charge is 0.264 e. The molecule has 4 N–H and O–H groups in total. The molecule has 154 valence electrons. The molecule has 4 amide bonds. The first-order chi connectivity index (χ1) is 14.0. The van der Waals surface area contributed by atoms with Gasteiger partial charge in [0, 0.05) is 31.2 Å². The Morgan fingerprint density at radius 1 is 1.07 bits per heavy atom. The normalized spacial score (nSPS) is 23.3. The van der Waals surface area contributed by atoms with E-state index in [9.17, 15) is 19.2 Å². The number of benzene rings is 1. The molecule has 0 spiro atoms. The number of nitrogens with two attached hydrogens (primary N) is 1. The van der Waals surface area contributed by atoms with Crippen LogP contribution < -0.4 is 16.4 Å². The highest BCUT2D eigenvalue weighted by Crippen LogP contribution is 2.32. The van der Waals surface area contributed by atoms with E-state index in [-0.39, 0.29) is 30.4 Å². The van der Waals surface area contributed by atoms with Crippen LogP contribution in [0, 0.1) is 0 Å². The monoisotopic (exact) mass is 399 g/mol. The van der Waals surface area contributed by atoms with Crippen LogP contribution in [0.5, 0.6) is 0 Å². The highest BCUT2D eigenvalue weighted by Gasteiger charge is 2.45. The van der Waals surface area contributed by atoms with Gasteiger partial charge in [0.25, 0.3) is 11.8 Å². The van der Waals surface area contributed by atoms with Crippen LogP contribution in [0.15, 0.2) is 18.2 Å². The molecule has 2 saturated heterocycles. The summed E-state index contributed by atoms with van der Waals surface area (Å²) in [5, 5.41) is 5.48. The SMILES string of the molecule is NC1CCN(CCNc2cccc3c2C(=O)N(C2CCC(=O)NC2=O)C3=O)CC1. The summed E-state index contributed by atoms with van der Waals surface area (Å²) in [6.45, 7) is 3.36. The number of fused-ring (bicyclic) bond motifs is 1. The molecule has 1 aromatic rings. The van der Waals surface area contributed by atoms with E-state index in [0.29, 0.717) is 17.8 Å². The lowest BCUT2D eigenvalue weighted by molar-refractivity contribution is -0.136. The maximum atomic E-state index is 13.0. The first-order valence-corrected chi connectivity index (χ1v) is 10.0. The number of amides is 4. The average molecular weight is 399 g/mol. The van der Waals surface area contributed by atoms with Crippen molar-refractivity contribution < 1.29 is 19.2 Å². The van der Waals surface area contributed by atoms with Crippen molar-refractivity contribution in [2.45, 2.75) is 37.8 Å². The van der Waals surface area contributed by atoms with E-state index in [2.05, 4.69) is 15.5 Å². The number of likely N-dealkylation sites (tertiary alicyclic amines) is 1. The lowest BCUT2D eigenvalue weighted by atomic mass is 10.0. The molecular weight excluding hydrogens is 374 g/mol. The number of hydrogen-bond acceptors (Lipinski definition) is 7. The fraction of sp³-hybridized carbons (Fsp3) is 0.500. The zero-order valence-corrected chi connectivity index (χ0v) is 16.1. The molecule has 0 aromatic heterocycles. The molecule has 1 unspecified atom stereocenters. The van der Waals surface area contributed by atoms with Crippen molar-refractivity contribution in [3.8, 4) is 0 Å². The van der Waals surface area contributed by atoms with Gasteiger partial charge in [0.1, 0.15) is 6.04 Å². The fourth-order valence-electron chi connectivity index (χ4n) is 4.19. The Kier molecular flexibility index (Phi) is 5.33. The van der Waals surface area contributed by atoms with Crippen LogP contribution in [0.1, 0.15) is 46.4 Å². The summed E-state index contributed by atoms with van der Waals surface area (Å²) in [6.07, 6.45) is 2.22. The molecule has 1 atom stereocenters. The van der Waals surface area contributed by atoms with Crippen LogP contribution in [0.3, 0.4) is 0 Å². The number of piperidine rings is 2. The minimum atomic E-state index is -0.953. The number of carbonyl (C=O) groups is 4. The maximum absolute atomic E-state index is 13.0. The van der Waals surface area contributed by atoms with Crippen LogP contribution in [-0.4, -0.2) is 71.7 Å². The second-order valence-electron chi connectivity index (χ2n) is 7.78. The Balaban J connectivity index is 1.46. The molecule has 4 rings (SSSR count). The Bertz CT molecular complexity index is 862. The molecular formula is C20H25N5O4. The lowest BCUT2D eigenvalue weighted by Crippen LogP contribution is -2.54. The van der Waals surface area contributed by atoms with Crippen molar-refractivity contribution in [2.24, 2.45) is 5.73 Å². The lowest BCUT2D eigenvalue weighted by Gasteiger charge is -2.30. The highest BCUT2D eigenvalue weighted by molar-refractivity contribution is 6.25. The van der Waals surface area contributed by atoms with Gasteiger partial charge >= 0.3 is 0 Å².